The lowest BCUT2D eigenvalue weighted by Gasteiger charge is -2.35. The summed E-state index contributed by atoms with van der Waals surface area (Å²) in [7, 11) is 0. The van der Waals surface area contributed by atoms with Gasteiger partial charge >= 0.3 is 0 Å². The molecule has 1 aromatic carbocycles. The maximum atomic E-state index is 12.7. The predicted octanol–water partition coefficient (Wildman–Crippen LogP) is 4.55. The molecule has 0 amide bonds. The second-order valence-corrected chi connectivity index (χ2v) is 8.51. The van der Waals surface area contributed by atoms with Crippen LogP contribution in [0.3, 0.4) is 0 Å². The van der Waals surface area contributed by atoms with Gasteiger partial charge in [-0.2, -0.15) is 0 Å². The van der Waals surface area contributed by atoms with Crippen LogP contribution in [0.15, 0.2) is 35.4 Å². The van der Waals surface area contributed by atoms with Gasteiger partial charge < -0.3 is 9.84 Å². The number of ether oxygens (including phenoxy) is 1. The normalized spacial score (nSPS) is 24.7. The summed E-state index contributed by atoms with van der Waals surface area (Å²) in [6, 6.07) is 7.17. The molecule has 0 aliphatic carbocycles. The van der Waals surface area contributed by atoms with E-state index < -0.39 is 0 Å². The molecule has 0 unspecified atom stereocenters. The van der Waals surface area contributed by atoms with Crippen LogP contribution in [0, 0.1) is 11.8 Å². The Morgan fingerprint density at radius 2 is 2.04 bits per heavy atom. The van der Waals surface area contributed by atoms with Crippen LogP contribution in [0.2, 0.25) is 0 Å². The molecule has 1 N–H and O–H groups in total. The number of Topliss-reactive ketones (excluding diaryl/α,β-unsaturated/α-hetero) is 1. The zero-order valence-corrected chi connectivity index (χ0v) is 15.9. The fourth-order valence-corrected chi connectivity index (χ4v) is 4.74. The van der Waals surface area contributed by atoms with E-state index in [-0.39, 0.29) is 11.5 Å². The Hall–Kier alpha value is -2.11. The summed E-state index contributed by atoms with van der Waals surface area (Å²) >= 11 is 1.56. The fourth-order valence-electron chi connectivity index (χ4n) is 4.10. The Bertz CT molecular complexity index is 846. The Labute approximate surface area is 157 Å². The van der Waals surface area contributed by atoms with Gasteiger partial charge in [-0.15, -0.1) is 11.3 Å². The van der Waals surface area contributed by atoms with Gasteiger partial charge in [-0.3, -0.25) is 9.69 Å². The summed E-state index contributed by atoms with van der Waals surface area (Å²) in [4.78, 5) is 16.0. The van der Waals surface area contributed by atoms with Gasteiger partial charge in [0.05, 0.1) is 11.1 Å². The van der Waals surface area contributed by atoms with Gasteiger partial charge in [0.2, 0.25) is 5.78 Å². The van der Waals surface area contributed by atoms with Crippen LogP contribution < -0.4 is 4.74 Å². The summed E-state index contributed by atoms with van der Waals surface area (Å²) in [5.74, 6) is 2.19. The zero-order valence-electron chi connectivity index (χ0n) is 15.1. The highest BCUT2D eigenvalue weighted by molar-refractivity contribution is 7.10. The van der Waals surface area contributed by atoms with Crippen molar-refractivity contribution in [2.24, 2.45) is 11.8 Å². The number of carbonyl (C=O) groups is 1. The number of rotatable bonds is 3. The smallest absolute Gasteiger partial charge is 0.232 e. The third kappa shape index (κ3) is 3.29. The molecule has 1 saturated heterocycles. The first-order chi connectivity index (χ1) is 12.5. The molecule has 2 aromatic rings. The van der Waals surface area contributed by atoms with Crippen LogP contribution in [0.4, 0.5) is 0 Å². The van der Waals surface area contributed by atoms with Crippen molar-refractivity contribution in [3.63, 3.8) is 0 Å². The van der Waals surface area contributed by atoms with Crippen molar-refractivity contribution in [3.05, 3.63) is 51.4 Å². The molecule has 2 atom stereocenters. The van der Waals surface area contributed by atoms with Crippen molar-refractivity contribution in [1.29, 1.82) is 0 Å². The number of phenolic OH excluding ortho intramolecular Hbond substituents is 1. The molecule has 1 fully saturated rings. The molecule has 0 saturated carbocycles. The number of phenols is 1. The molecule has 4 nitrogen and oxygen atoms in total. The highest BCUT2D eigenvalue weighted by Gasteiger charge is 2.32. The quantitative estimate of drug-likeness (QED) is 0.807. The highest BCUT2D eigenvalue weighted by atomic mass is 32.1. The van der Waals surface area contributed by atoms with Crippen LogP contribution in [-0.4, -0.2) is 28.9 Å². The van der Waals surface area contributed by atoms with Crippen LogP contribution >= 0.6 is 11.3 Å². The molecule has 1 aromatic heterocycles. The molecule has 26 heavy (non-hydrogen) atoms. The number of carbonyl (C=O) groups excluding carboxylic acids is 1. The number of allylic oxidation sites excluding steroid dienone is 1. The van der Waals surface area contributed by atoms with E-state index in [2.05, 4.69) is 18.7 Å². The van der Waals surface area contributed by atoms with E-state index in [1.807, 2.05) is 17.5 Å². The number of piperidine rings is 1. The van der Waals surface area contributed by atoms with E-state index in [9.17, 15) is 9.90 Å². The highest BCUT2D eigenvalue weighted by Crippen LogP contribution is 2.40. The number of aromatic hydroxyl groups is 1. The molecular weight excluding hydrogens is 346 g/mol. The molecule has 0 spiro atoms. The molecule has 5 heteroatoms. The monoisotopic (exact) mass is 369 g/mol. The predicted molar refractivity (Wildman–Crippen MR) is 104 cm³/mol. The first-order valence-corrected chi connectivity index (χ1v) is 9.94. The molecule has 136 valence electrons. The van der Waals surface area contributed by atoms with E-state index in [1.165, 1.54) is 6.42 Å². The maximum absolute atomic E-state index is 12.7. The Kier molecular flexibility index (Phi) is 4.59. The topological polar surface area (TPSA) is 49.8 Å². The molecular formula is C21H23NO3S. The Morgan fingerprint density at radius 1 is 1.27 bits per heavy atom. The summed E-state index contributed by atoms with van der Waals surface area (Å²) < 4.78 is 5.93. The summed E-state index contributed by atoms with van der Waals surface area (Å²) in [6.45, 7) is 7.13. The first-order valence-electron chi connectivity index (χ1n) is 9.06. The van der Waals surface area contributed by atoms with Crippen LogP contribution in [0.5, 0.6) is 11.5 Å². The number of thiophene rings is 1. The van der Waals surface area contributed by atoms with Crippen LogP contribution in [0.25, 0.3) is 6.08 Å². The van der Waals surface area contributed by atoms with E-state index in [4.69, 9.17) is 4.74 Å². The lowest BCUT2D eigenvalue weighted by molar-refractivity contribution is 0.101. The lowest BCUT2D eigenvalue weighted by Crippen LogP contribution is -2.38. The maximum Gasteiger partial charge on any atom is 0.232 e. The minimum Gasteiger partial charge on any atom is -0.507 e. The van der Waals surface area contributed by atoms with Gasteiger partial charge in [0, 0.05) is 30.6 Å². The van der Waals surface area contributed by atoms with Crippen molar-refractivity contribution >= 4 is 23.2 Å². The van der Waals surface area contributed by atoms with Crippen molar-refractivity contribution in [1.82, 2.24) is 4.90 Å². The standard InChI is InChI=1S/C21H23NO3S/c1-13-8-14(2)11-22(10-13)12-17-18(23)6-5-16-20(24)19(25-21(16)17)9-15-4-3-7-26-15/h3-7,9,13-14,23H,8,10-12H2,1-2H3/t13-,14+. The summed E-state index contributed by atoms with van der Waals surface area (Å²) in [5.41, 5.74) is 1.26. The lowest BCUT2D eigenvalue weighted by atomic mass is 9.91. The van der Waals surface area contributed by atoms with Crippen molar-refractivity contribution in [2.45, 2.75) is 26.8 Å². The van der Waals surface area contributed by atoms with Crippen LogP contribution in [0.1, 0.15) is 41.1 Å². The first kappa shape index (κ1) is 17.3. The molecule has 4 rings (SSSR count). The van der Waals surface area contributed by atoms with Gasteiger partial charge in [0.1, 0.15) is 11.5 Å². The number of ketones is 1. The number of benzene rings is 1. The van der Waals surface area contributed by atoms with Crippen molar-refractivity contribution < 1.29 is 14.6 Å². The molecule has 0 radical (unpaired) electrons. The second-order valence-electron chi connectivity index (χ2n) is 7.54. The van der Waals surface area contributed by atoms with E-state index in [1.54, 1.807) is 29.5 Å². The van der Waals surface area contributed by atoms with Gasteiger partial charge in [-0.25, -0.2) is 0 Å². The minimum atomic E-state index is -0.116. The molecule has 2 aliphatic heterocycles. The van der Waals surface area contributed by atoms with Crippen molar-refractivity contribution in [2.75, 3.05) is 13.1 Å². The average Bonchev–Trinajstić information content (AvgIpc) is 3.19. The number of likely N-dealkylation sites (tertiary alicyclic amines) is 1. The van der Waals surface area contributed by atoms with Gasteiger partial charge in [0.25, 0.3) is 0 Å². The zero-order chi connectivity index (χ0) is 18.3. The third-order valence-corrected chi connectivity index (χ3v) is 5.88. The van der Waals surface area contributed by atoms with E-state index in [0.29, 0.717) is 41.0 Å². The summed E-state index contributed by atoms with van der Waals surface area (Å²) in [5, 5.41) is 12.4. The van der Waals surface area contributed by atoms with Gasteiger partial charge in [-0.05, 0) is 41.8 Å². The molecule has 3 heterocycles. The number of fused-ring (bicyclic) bond motifs is 1. The van der Waals surface area contributed by atoms with E-state index >= 15 is 0 Å². The van der Waals surface area contributed by atoms with Crippen LogP contribution in [-0.2, 0) is 6.54 Å². The summed E-state index contributed by atoms with van der Waals surface area (Å²) in [6.07, 6.45) is 3.01. The number of nitrogens with zero attached hydrogens (tertiary/aromatic N) is 1. The Morgan fingerprint density at radius 3 is 2.73 bits per heavy atom. The largest absolute Gasteiger partial charge is 0.507 e. The minimum absolute atomic E-state index is 0.116. The van der Waals surface area contributed by atoms with Gasteiger partial charge in [0.15, 0.2) is 5.76 Å². The fraction of sp³-hybridized carbons (Fsp3) is 0.381. The Balaban J connectivity index is 1.64. The number of hydrogen-bond acceptors (Lipinski definition) is 5. The molecule has 2 aliphatic rings. The van der Waals surface area contributed by atoms with Gasteiger partial charge in [-0.1, -0.05) is 19.9 Å². The SMILES string of the molecule is C[C@@H]1C[C@H](C)CN(Cc2c(O)ccc3c2OC(=Cc2cccs2)C3=O)C1. The average molecular weight is 369 g/mol. The third-order valence-electron chi connectivity index (χ3n) is 5.06. The van der Waals surface area contributed by atoms with Crippen molar-refractivity contribution in [3.8, 4) is 11.5 Å². The number of hydrogen-bond donors (Lipinski definition) is 1. The second kappa shape index (κ2) is 6.89. The van der Waals surface area contributed by atoms with E-state index in [0.717, 1.165) is 18.0 Å². The molecule has 0 bridgehead atoms.